The van der Waals surface area contributed by atoms with E-state index in [2.05, 4.69) is 21.5 Å². The smallest absolute Gasteiger partial charge is 0.170 e. The topological polar surface area (TPSA) is 51.8 Å². The summed E-state index contributed by atoms with van der Waals surface area (Å²) in [6.45, 7) is 1.92. The molecule has 1 heterocycles. The zero-order valence-corrected chi connectivity index (χ0v) is 10.6. The molecule has 0 atom stereocenters. The Morgan fingerprint density at radius 3 is 2.69 bits per heavy atom. The number of nitrogens with two attached hydrogens (primary N) is 1. The minimum atomic E-state index is 0.816. The van der Waals surface area contributed by atoms with Crippen molar-refractivity contribution in [3.05, 3.63) is 35.7 Å². The van der Waals surface area contributed by atoms with Crippen LogP contribution in [0.5, 0.6) is 0 Å². The fourth-order valence-electron chi connectivity index (χ4n) is 1.28. The largest absolute Gasteiger partial charge is 0.399 e. The summed E-state index contributed by atoms with van der Waals surface area (Å²) in [4.78, 5) is 4.31. The minimum absolute atomic E-state index is 0.816. The average Bonchev–Trinajstić information content (AvgIpc) is 2.67. The van der Waals surface area contributed by atoms with E-state index in [1.165, 1.54) is 17.1 Å². The molecule has 2 aromatic rings. The highest BCUT2D eigenvalue weighted by molar-refractivity contribution is 8.00. The molecule has 0 radical (unpaired) electrons. The van der Waals surface area contributed by atoms with E-state index >= 15 is 0 Å². The summed E-state index contributed by atoms with van der Waals surface area (Å²) >= 11 is 3.22. The zero-order chi connectivity index (χ0) is 11.4. The molecule has 0 fully saturated rings. The Bertz CT molecular complexity index is 451. The van der Waals surface area contributed by atoms with Gasteiger partial charge in [0.25, 0.3) is 0 Å². The number of aromatic nitrogens is 2. The van der Waals surface area contributed by atoms with Crippen LogP contribution in [-0.2, 0) is 6.42 Å². The second-order valence-electron chi connectivity index (χ2n) is 3.45. The van der Waals surface area contributed by atoms with Gasteiger partial charge in [-0.25, -0.2) is 4.98 Å². The van der Waals surface area contributed by atoms with Gasteiger partial charge in [-0.1, -0.05) is 23.9 Å². The van der Waals surface area contributed by atoms with Crippen molar-refractivity contribution in [3.63, 3.8) is 0 Å². The first-order valence-corrected chi connectivity index (χ1v) is 6.77. The lowest BCUT2D eigenvalue weighted by atomic mass is 10.2. The lowest BCUT2D eigenvalue weighted by Crippen LogP contribution is -1.90. The molecule has 0 amide bonds. The summed E-state index contributed by atoms with van der Waals surface area (Å²) in [6, 6.07) is 8.02. The highest BCUT2D eigenvalue weighted by atomic mass is 32.2. The van der Waals surface area contributed by atoms with E-state index in [0.717, 1.165) is 28.0 Å². The predicted molar refractivity (Wildman–Crippen MR) is 69.9 cm³/mol. The molecule has 1 aromatic heterocycles. The molecule has 0 aliphatic heterocycles. The summed E-state index contributed by atoms with van der Waals surface area (Å²) in [5.74, 6) is 1.89. The Balaban J connectivity index is 1.82. The maximum Gasteiger partial charge on any atom is 0.170 e. The third-order valence-corrected chi connectivity index (χ3v) is 4.03. The van der Waals surface area contributed by atoms with Gasteiger partial charge in [-0.15, -0.1) is 0 Å². The molecule has 0 aliphatic carbocycles. The number of nitrogens with zero attached hydrogens (tertiary/aromatic N) is 2. The third kappa shape index (κ3) is 3.21. The van der Waals surface area contributed by atoms with Crippen LogP contribution in [0, 0.1) is 6.92 Å². The number of hydrogen-bond acceptors (Lipinski definition) is 5. The summed E-state index contributed by atoms with van der Waals surface area (Å²) in [6.07, 6.45) is 1.03. The first-order chi connectivity index (χ1) is 7.74. The number of aryl methyl sites for hydroxylation is 2. The predicted octanol–water partition coefficient (Wildman–Crippen LogP) is 2.76. The number of thioether (sulfide) groups is 1. The van der Waals surface area contributed by atoms with Crippen molar-refractivity contribution < 1.29 is 0 Å². The number of nitrogen functional groups attached to an aromatic ring is 1. The van der Waals surface area contributed by atoms with E-state index in [9.17, 15) is 0 Å². The Hall–Kier alpha value is -1.07. The summed E-state index contributed by atoms with van der Waals surface area (Å²) in [5, 5.41) is 0. The first-order valence-electron chi connectivity index (χ1n) is 5.01. The molecule has 0 unspecified atom stereocenters. The van der Waals surface area contributed by atoms with Gasteiger partial charge >= 0.3 is 0 Å². The number of anilines is 1. The first kappa shape index (κ1) is 11.4. The quantitative estimate of drug-likeness (QED) is 0.670. The van der Waals surface area contributed by atoms with E-state index in [4.69, 9.17) is 5.73 Å². The van der Waals surface area contributed by atoms with E-state index < -0.39 is 0 Å². The number of rotatable bonds is 4. The molecule has 16 heavy (non-hydrogen) atoms. The molecular formula is C11H13N3S2. The molecular weight excluding hydrogens is 238 g/mol. The van der Waals surface area contributed by atoms with Crippen molar-refractivity contribution in [1.82, 2.24) is 9.36 Å². The highest BCUT2D eigenvalue weighted by Gasteiger charge is 2.01. The maximum absolute atomic E-state index is 5.63. The average molecular weight is 251 g/mol. The van der Waals surface area contributed by atoms with Gasteiger partial charge in [0.2, 0.25) is 0 Å². The van der Waals surface area contributed by atoms with Crippen LogP contribution in [0.25, 0.3) is 0 Å². The molecule has 1 aromatic carbocycles. The van der Waals surface area contributed by atoms with Crippen LogP contribution < -0.4 is 5.73 Å². The Morgan fingerprint density at radius 2 is 2.06 bits per heavy atom. The van der Waals surface area contributed by atoms with Crippen molar-refractivity contribution in [3.8, 4) is 0 Å². The summed E-state index contributed by atoms with van der Waals surface area (Å²) < 4.78 is 5.20. The number of benzene rings is 1. The zero-order valence-electron chi connectivity index (χ0n) is 9.01. The van der Waals surface area contributed by atoms with E-state index in [-0.39, 0.29) is 0 Å². The number of hydrogen-bond donors (Lipinski definition) is 1. The van der Waals surface area contributed by atoms with Gasteiger partial charge in [0, 0.05) is 11.4 Å². The van der Waals surface area contributed by atoms with Crippen LogP contribution in [0.2, 0.25) is 0 Å². The van der Waals surface area contributed by atoms with Crippen LogP contribution in [0.1, 0.15) is 11.4 Å². The van der Waals surface area contributed by atoms with Crippen LogP contribution in [0.15, 0.2) is 28.6 Å². The van der Waals surface area contributed by atoms with Crippen LogP contribution in [0.4, 0.5) is 5.69 Å². The lowest BCUT2D eigenvalue weighted by Gasteiger charge is -2.00. The standard InChI is InChI=1S/C11H13N3S2/c1-8-13-11(16-14-8)15-7-6-9-2-4-10(12)5-3-9/h2-5H,6-7,12H2,1H3. The van der Waals surface area contributed by atoms with Gasteiger partial charge in [-0.05, 0) is 42.6 Å². The second kappa shape index (κ2) is 5.32. The second-order valence-corrected chi connectivity index (χ2v) is 5.54. The van der Waals surface area contributed by atoms with E-state index in [1.54, 1.807) is 11.8 Å². The molecule has 84 valence electrons. The van der Waals surface area contributed by atoms with Gasteiger partial charge in [0.05, 0.1) is 0 Å². The van der Waals surface area contributed by atoms with Gasteiger partial charge in [-0.2, -0.15) is 4.37 Å². The molecule has 0 aliphatic rings. The van der Waals surface area contributed by atoms with Crippen LogP contribution in [0.3, 0.4) is 0 Å². The van der Waals surface area contributed by atoms with Crippen molar-refractivity contribution in [1.29, 1.82) is 0 Å². The maximum atomic E-state index is 5.63. The normalized spacial score (nSPS) is 10.6. The molecule has 3 nitrogen and oxygen atoms in total. The molecule has 0 saturated carbocycles. The van der Waals surface area contributed by atoms with E-state index in [1.807, 2.05) is 19.1 Å². The van der Waals surface area contributed by atoms with Gasteiger partial charge in [0.15, 0.2) is 4.34 Å². The van der Waals surface area contributed by atoms with Crippen LogP contribution >= 0.6 is 23.3 Å². The molecule has 2 rings (SSSR count). The molecule has 0 spiro atoms. The lowest BCUT2D eigenvalue weighted by molar-refractivity contribution is 1.09. The molecule has 0 bridgehead atoms. The van der Waals surface area contributed by atoms with E-state index in [0.29, 0.717) is 0 Å². The summed E-state index contributed by atoms with van der Waals surface area (Å²) in [7, 11) is 0. The van der Waals surface area contributed by atoms with Crippen molar-refractivity contribution >= 4 is 29.0 Å². The SMILES string of the molecule is Cc1nsc(SCCc2ccc(N)cc2)n1. The monoisotopic (exact) mass is 251 g/mol. The Labute approximate surface area is 103 Å². The highest BCUT2D eigenvalue weighted by Crippen LogP contribution is 2.21. The molecule has 0 saturated heterocycles. The van der Waals surface area contributed by atoms with Gasteiger partial charge in [0.1, 0.15) is 5.82 Å². The molecule has 2 N–H and O–H groups in total. The fraction of sp³-hybridized carbons (Fsp3) is 0.273. The fourth-order valence-corrected chi connectivity index (χ4v) is 2.98. The van der Waals surface area contributed by atoms with Crippen molar-refractivity contribution in [2.75, 3.05) is 11.5 Å². The minimum Gasteiger partial charge on any atom is -0.399 e. The van der Waals surface area contributed by atoms with Gasteiger partial charge < -0.3 is 5.73 Å². The van der Waals surface area contributed by atoms with Crippen molar-refractivity contribution in [2.45, 2.75) is 17.7 Å². The third-order valence-electron chi connectivity index (χ3n) is 2.10. The van der Waals surface area contributed by atoms with Crippen molar-refractivity contribution in [2.24, 2.45) is 0 Å². The van der Waals surface area contributed by atoms with Crippen LogP contribution in [-0.4, -0.2) is 15.1 Å². The Kier molecular flexibility index (Phi) is 3.79. The summed E-state index contributed by atoms with van der Waals surface area (Å²) in [5.41, 5.74) is 7.75. The molecule has 5 heteroatoms. The van der Waals surface area contributed by atoms with Gasteiger partial charge in [-0.3, -0.25) is 0 Å². The Morgan fingerprint density at radius 1 is 1.31 bits per heavy atom.